The van der Waals surface area contributed by atoms with E-state index in [0.717, 1.165) is 13.2 Å². The van der Waals surface area contributed by atoms with Gasteiger partial charge in [0.15, 0.2) is 0 Å². The summed E-state index contributed by atoms with van der Waals surface area (Å²) in [4.78, 5) is 3.12. The van der Waals surface area contributed by atoms with E-state index in [9.17, 15) is 0 Å². The fourth-order valence-corrected chi connectivity index (χ4v) is 4.16. The summed E-state index contributed by atoms with van der Waals surface area (Å²) in [6, 6.07) is 22.6. The van der Waals surface area contributed by atoms with Gasteiger partial charge in [-0.15, -0.1) is 0 Å². The van der Waals surface area contributed by atoms with Gasteiger partial charge in [-0.2, -0.15) is 0 Å². The topological polar surface area (TPSA) is 29.9 Å². The smallest absolute Gasteiger partial charge is 1.00 e. The van der Waals surface area contributed by atoms with Gasteiger partial charge in [-0.3, -0.25) is 0 Å². The Morgan fingerprint density at radius 3 is 2.30 bits per heavy atom. The molecule has 0 unspecified atom stereocenters. The van der Waals surface area contributed by atoms with E-state index in [4.69, 9.17) is 16.3 Å². The normalized spacial score (nSPS) is 10.7. The molecule has 33 heavy (non-hydrogen) atoms. The zero-order valence-electron chi connectivity index (χ0n) is 22.1. The number of para-hydroxylation sites is 2. The van der Waals surface area contributed by atoms with E-state index in [1.165, 1.54) is 47.1 Å². The largest absolute Gasteiger partial charge is 1.00 e. The average Bonchev–Trinajstić information content (AvgIpc) is 3.41. The summed E-state index contributed by atoms with van der Waals surface area (Å²) in [6.07, 6.45) is 8.05. The SMILES string of the molecule is CCCCCn1ccc2ccccc21.C[Si](C)(C)CCOCCl.[H-].[Na+].c1ccc2[nH]ccc2c1. The second-order valence-electron chi connectivity index (χ2n) is 9.17. The number of benzene rings is 2. The predicted molar refractivity (Wildman–Crippen MR) is 146 cm³/mol. The van der Waals surface area contributed by atoms with Crippen LogP contribution in [0.1, 0.15) is 27.6 Å². The number of unbranched alkanes of at least 4 members (excludes halogenated alkanes) is 2. The first kappa shape index (κ1) is 30.0. The number of nitrogens with one attached hydrogen (secondary N) is 1. The summed E-state index contributed by atoms with van der Waals surface area (Å²) in [6.45, 7) is 11.2. The summed E-state index contributed by atoms with van der Waals surface area (Å²) in [5.74, 6) is 0. The molecule has 1 N–H and O–H groups in total. The number of fused-ring (bicyclic) bond motifs is 2. The molecule has 0 bridgehead atoms. The maximum atomic E-state index is 5.32. The molecule has 0 saturated carbocycles. The number of ether oxygens (including phenoxy) is 1. The molecule has 0 amide bonds. The molecule has 0 atom stereocenters. The van der Waals surface area contributed by atoms with E-state index in [2.05, 4.69) is 90.8 Å². The first-order chi connectivity index (χ1) is 15.4. The molecule has 0 spiro atoms. The number of aromatic nitrogens is 2. The van der Waals surface area contributed by atoms with Crippen LogP contribution in [0.15, 0.2) is 73.1 Å². The fraction of sp³-hybridized carbons (Fsp3) is 0.407. The minimum atomic E-state index is -0.878. The number of aryl methyl sites for hydroxylation is 1. The number of hydrogen-bond acceptors (Lipinski definition) is 1. The number of nitrogens with zero attached hydrogens (tertiary/aromatic N) is 1. The van der Waals surface area contributed by atoms with Crippen molar-refractivity contribution >= 4 is 41.5 Å². The van der Waals surface area contributed by atoms with Crippen molar-refractivity contribution in [3.63, 3.8) is 0 Å². The van der Waals surface area contributed by atoms with Gasteiger partial charge in [0.05, 0.1) is 0 Å². The van der Waals surface area contributed by atoms with Crippen LogP contribution in [0.5, 0.6) is 0 Å². The maximum absolute atomic E-state index is 5.32. The first-order valence-corrected chi connectivity index (χ1v) is 15.9. The van der Waals surface area contributed by atoms with Crippen molar-refractivity contribution < 1.29 is 35.7 Å². The van der Waals surface area contributed by atoms with E-state index in [0.29, 0.717) is 6.07 Å². The second-order valence-corrected chi connectivity index (χ2v) is 15.0. The fourth-order valence-electron chi connectivity index (χ4n) is 3.30. The van der Waals surface area contributed by atoms with Crippen molar-refractivity contribution in [2.45, 2.75) is 58.4 Å². The van der Waals surface area contributed by atoms with Crippen molar-refractivity contribution in [3.05, 3.63) is 73.1 Å². The molecule has 0 fully saturated rings. The Kier molecular flexibility index (Phi) is 15.1. The Hall–Kier alpha value is -1.01. The molecule has 0 radical (unpaired) electrons. The van der Waals surface area contributed by atoms with Gasteiger partial charge in [0.25, 0.3) is 0 Å². The summed E-state index contributed by atoms with van der Waals surface area (Å²) in [5, 5.41) is 2.63. The van der Waals surface area contributed by atoms with E-state index >= 15 is 0 Å². The molecule has 3 nitrogen and oxygen atoms in total. The van der Waals surface area contributed by atoms with Crippen LogP contribution in [0.3, 0.4) is 0 Å². The van der Waals surface area contributed by atoms with Crippen LogP contribution in [-0.2, 0) is 11.3 Å². The van der Waals surface area contributed by atoms with Crippen molar-refractivity contribution in [2.24, 2.45) is 0 Å². The molecule has 6 heteroatoms. The molecule has 2 aromatic carbocycles. The van der Waals surface area contributed by atoms with Gasteiger partial charge < -0.3 is 15.7 Å². The molecular formula is C27H40ClN2NaOSi. The number of alkyl halides is 1. The van der Waals surface area contributed by atoms with Gasteiger partial charge in [0, 0.05) is 44.7 Å². The number of H-pyrrole nitrogens is 1. The molecule has 2 heterocycles. The quantitative estimate of drug-likeness (QED) is 0.191. The van der Waals surface area contributed by atoms with E-state index in [1.54, 1.807) is 0 Å². The Morgan fingerprint density at radius 1 is 0.939 bits per heavy atom. The van der Waals surface area contributed by atoms with Crippen molar-refractivity contribution in [3.8, 4) is 0 Å². The predicted octanol–water partition coefficient (Wildman–Crippen LogP) is 5.65. The number of hydrogen-bond donors (Lipinski definition) is 1. The van der Waals surface area contributed by atoms with Crippen LogP contribution >= 0.6 is 11.6 Å². The Bertz CT molecular complexity index is 1000. The number of rotatable bonds is 8. The van der Waals surface area contributed by atoms with Gasteiger partial charge in [0.1, 0.15) is 6.07 Å². The van der Waals surface area contributed by atoms with Crippen LogP contribution < -0.4 is 29.6 Å². The average molecular weight is 495 g/mol. The minimum Gasteiger partial charge on any atom is -1.00 e. The van der Waals surface area contributed by atoms with Crippen LogP contribution in [0.25, 0.3) is 21.8 Å². The zero-order valence-corrected chi connectivity index (χ0v) is 24.9. The van der Waals surface area contributed by atoms with Gasteiger partial charge in [-0.25, -0.2) is 0 Å². The monoisotopic (exact) mass is 494 g/mol. The molecule has 2 aromatic heterocycles. The van der Waals surface area contributed by atoms with Crippen molar-refractivity contribution in [1.82, 2.24) is 9.55 Å². The minimum absolute atomic E-state index is 0. The zero-order chi connectivity index (χ0) is 23.2. The third-order valence-electron chi connectivity index (χ3n) is 5.22. The first-order valence-electron chi connectivity index (χ1n) is 11.6. The van der Waals surface area contributed by atoms with Gasteiger partial charge >= 0.3 is 29.6 Å². The maximum Gasteiger partial charge on any atom is 1.00 e. The molecule has 176 valence electrons. The Labute approximate surface area is 229 Å². The summed E-state index contributed by atoms with van der Waals surface area (Å²) < 4.78 is 7.36. The third-order valence-corrected chi connectivity index (χ3v) is 7.08. The van der Waals surface area contributed by atoms with E-state index in [1.807, 2.05) is 18.3 Å². The molecule has 0 aliphatic rings. The van der Waals surface area contributed by atoms with Gasteiger partial charge in [-0.1, -0.05) is 87.4 Å². The molecule has 4 aromatic rings. The van der Waals surface area contributed by atoms with E-state index < -0.39 is 8.07 Å². The molecule has 0 saturated heterocycles. The van der Waals surface area contributed by atoms with Crippen LogP contribution in [0.4, 0.5) is 0 Å². The molecule has 0 aliphatic carbocycles. The molecular weight excluding hydrogens is 455 g/mol. The van der Waals surface area contributed by atoms with E-state index in [-0.39, 0.29) is 31.0 Å². The number of aromatic amines is 1. The Morgan fingerprint density at radius 2 is 1.64 bits per heavy atom. The Balaban J connectivity index is 0.000000485. The third kappa shape index (κ3) is 11.8. The second kappa shape index (κ2) is 16.6. The summed E-state index contributed by atoms with van der Waals surface area (Å²) in [7, 11) is -0.878. The van der Waals surface area contributed by atoms with Crippen molar-refractivity contribution in [1.29, 1.82) is 0 Å². The van der Waals surface area contributed by atoms with Crippen LogP contribution in [-0.4, -0.2) is 30.3 Å². The van der Waals surface area contributed by atoms with Crippen molar-refractivity contribution in [2.75, 3.05) is 12.7 Å². The van der Waals surface area contributed by atoms with Gasteiger partial charge in [-0.05, 0) is 47.5 Å². The number of halogens is 1. The van der Waals surface area contributed by atoms with Gasteiger partial charge in [0.2, 0.25) is 0 Å². The summed E-state index contributed by atoms with van der Waals surface area (Å²) >= 11 is 5.32. The standard InChI is InChI=1S/C13H17N.C8H7N.C6H15ClOSi.Na.H/c1-2-3-6-10-14-11-9-12-7-4-5-8-13(12)14;1-2-4-8-7(3-1)5-6-9-8;1-9(2,3)5-4-8-6-7;;/h4-5,7-9,11H,2-3,6,10H2,1H3;1-6,9H;4-6H2,1-3H3;;/q;;;+1;-1. The molecule has 0 aliphatic heterocycles. The van der Waals surface area contributed by atoms with Crippen LogP contribution in [0.2, 0.25) is 25.7 Å². The van der Waals surface area contributed by atoms with Crippen LogP contribution in [0, 0.1) is 0 Å². The summed E-state index contributed by atoms with van der Waals surface area (Å²) in [5.41, 5.74) is 2.57. The molecule has 4 rings (SSSR count).